The van der Waals surface area contributed by atoms with Gasteiger partial charge in [-0.25, -0.2) is 0 Å². The molecule has 0 fully saturated rings. The maximum Gasteiger partial charge on any atom is 0.215 e. The van der Waals surface area contributed by atoms with Gasteiger partial charge in [-0.05, 0) is 28.1 Å². The number of hydrogen-bond donors (Lipinski definition) is 0. The van der Waals surface area contributed by atoms with E-state index < -0.39 is 9.52 Å². The van der Waals surface area contributed by atoms with Crippen LogP contribution < -0.4 is 5.72 Å². The van der Waals surface area contributed by atoms with Crippen molar-refractivity contribution in [2.24, 2.45) is 0 Å². The summed E-state index contributed by atoms with van der Waals surface area (Å²) < 4.78 is 2.31. The first-order valence-electron chi connectivity index (χ1n) is 12.6. The second kappa shape index (κ2) is 12.2. The molecule has 1 radical (unpaired) electrons. The standard InChI is InChI=1S/C32H30BN2Si/c1-5-13-26(14-6-1)30(27-15-7-2-8-16-27)21-24-36-25-35-23-22-34-32(35)33-31(28-17-9-3-10-18-28)29-19-11-4-12-20-29/h1-24,30-31H,25,36H2. The molecular formula is C32H30BN2Si. The van der Waals surface area contributed by atoms with E-state index in [1.807, 2.05) is 6.20 Å². The minimum Gasteiger partial charge on any atom is -0.347 e. The highest BCUT2D eigenvalue weighted by molar-refractivity contribution is 6.54. The highest BCUT2D eigenvalue weighted by atomic mass is 28.2. The Morgan fingerprint density at radius 2 is 1.14 bits per heavy atom. The third-order valence-corrected chi connectivity index (χ3v) is 7.91. The van der Waals surface area contributed by atoms with Crippen molar-refractivity contribution in [3.8, 4) is 0 Å². The van der Waals surface area contributed by atoms with Gasteiger partial charge in [-0.1, -0.05) is 127 Å². The number of rotatable bonds is 10. The molecule has 5 rings (SSSR count). The second-order valence-electron chi connectivity index (χ2n) is 8.96. The summed E-state index contributed by atoms with van der Waals surface area (Å²) in [7, 11) is 1.84. The molecule has 1 heterocycles. The lowest BCUT2D eigenvalue weighted by Crippen LogP contribution is -2.32. The number of aromatic nitrogens is 2. The summed E-state index contributed by atoms with van der Waals surface area (Å²) >= 11 is 0. The van der Waals surface area contributed by atoms with Crippen molar-refractivity contribution >= 4 is 22.5 Å². The minimum atomic E-state index is -0.469. The largest absolute Gasteiger partial charge is 0.347 e. The Hall–Kier alpha value is -3.89. The SMILES string of the molecule is [B](c1nccn1C[SiH2]C=CC(c1ccccc1)c1ccccc1)C(c1ccccc1)c1ccccc1. The molecule has 4 heteroatoms. The lowest BCUT2D eigenvalue weighted by atomic mass is 9.58. The molecule has 0 bridgehead atoms. The number of allylic oxidation sites excluding steroid dienone is 1. The Bertz CT molecular complexity index is 1270. The molecule has 0 spiro atoms. The van der Waals surface area contributed by atoms with Crippen LogP contribution in [0.25, 0.3) is 0 Å². The number of benzene rings is 4. The predicted molar refractivity (Wildman–Crippen MR) is 155 cm³/mol. The van der Waals surface area contributed by atoms with Crippen molar-refractivity contribution in [1.82, 2.24) is 9.55 Å². The van der Waals surface area contributed by atoms with Crippen molar-refractivity contribution < 1.29 is 0 Å². The Morgan fingerprint density at radius 1 is 0.667 bits per heavy atom. The van der Waals surface area contributed by atoms with E-state index in [0.29, 0.717) is 0 Å². The first-order valence-corrected chi connectivity index (χ1v) is 14.4. The highest BCUT2D eigenvalue weighted by Crippen LogP contribution is 2.26. The van der Waals surface area contributed by atoms with Gasteiger partial charge in [-0.15, -0.1) is 5.70 Å². The second-order valence-corrected chi connectivity index (χ2v) is 10.5. The van der Waals surface area contributed by atoms with Gasteiger partial charge in [0.25, 0.3) is 0 Å². The molecule has 5 aromatic rings. The van der Waals surface area contributed by atoms with Crippen molar-refractivity contribution in [3.05, 3.63) is 168 Å². The molecule has 4 aromatic carbocycles. The van der Waals surface area contributed by atoms with Gasteiger partial charge in [0, 0.05) is 24.5 Å². The van der Waals surface area contributed by atoms with E-state index in [-0.39, 0.29) is 11.7 Å². The predicted octanol–water partition coefficient (Wildman–Crippen LogP) is 5.47. The summed E-state index contributed by atoms with van der Waals surface area (Å²) in [6.45, 7) is 0. The van der Waals surface area contributed by atoms with E-state index in [2.05, 4.69) is 151 Å². The topological polar surface area (TPSA) is 17.8 Å². The quantitative estimate of drug-likeness (QED) is 0.242. The zero-order valence-electron chi connectivity index (χ0n) is 20.4. The van der Waals surface area contributed by atoms with Gasteiger partial charge in [-0.3, -0.25) is 4.98 Å². The summed E-state index contributed by atoms with van der Waals surface area (Å²) in [6.07, 6.45) is 7.46. The van der Waals surface area contributed by atoms with E-state index in [1.165, 1.54) is 22.3 Å². The summed E-state index contributed by atoms with van der Waals surface area (Å²) in [6, 6.07) is 42.9. The third kappa shape index (κ3) is 6.02. The molecular weight excluding hydrogens is 451 g/mol. The van der Waals surface area contributed by atoms with Crippen LogP contribution in [0.15, 0.2) is 145 Å². The first kappa shape index (κ1) is 23.8. The number of nitrogens with zero attached hydrogens (tertiary/aromatic N) is 2. The summed E-state index contributed by atoms with van der Waals surface area (Å²) in [4.78, 5) is 4.72. The van der Waals surface area contributed by atoms with E-state index in [1.54, 1.807) is 0 Å². The number of imidazole rings is 1. The molecule has 0 aliphatic carbocycles. The van der Waals surface area contributed by atoms with Gasteiger partial charge in [-0.2, -0.15) is 0 Å². The molecule has 0 aliphatic rings. The molecule has 0 aliphatic heterocycles. The average Bonchev–Trinajstić information content (AvgIpc) is 3.40. The maximum absolute atomic E-state index is 4.72. The maximum atomic E-state index is 4.72. The highest BCUT2D eigenvalue weighted by Gasteiger charge is 2.19. The van der Waals surface area contributed by atoms with E-state index in [0.717, 1.165) is 11.9 Å². The molecule has 0 unspecified atom stereocenters. The third-order valence-electron chi connectivity index (χ3n) is 6.56. The van der Waals surface area contributed by atoms with Gasteiger partial charge < -0.3 is 4.57 Å². The molecule has 0 N–H and O–H groups in total. The average molecular weight is 482 g/mol. The van der Waals surface area contributed by atoms with Crippen molar-refractivity contribution in [3.63, 3.8) is 0 Å². The van der Waals surface area contributed by atoms with Crippen LogP contribution in [-0.4, -0.2) is 26.4 Å². The Labute approximate surface area is 217 Å². The van der Waals surface area contributed by atoms with Crippen LogP contribution in [0.1, 0.15) is 34.0 Å². The Balaban J connectivity index is 1.31. The molecule has 36 heavy (non-hydrogen) atoms. The molecule has 2 nitrogen and oxygen atoms in total. The lowest BCUT2D eigenvalue weighted by Gasteiger charge is -2.18. The van der Waals surface area contributed by atoms with Crippen LogP contribution in [0.4, 0.5) is 0 Å². The number of hydrogen-bond acceptors (Lipinski definition) is 1. The van der Waals surface area contributed by atoms with E-state index in [4.69, 9.17) is 4.98 Å². The molecule has 0 amide bonds. The van der Waals surface area contributed by atoms with Crippen molar-refractivity contribution in [2.75, 3.05) is 0 Å². The first-order chi connectivity index (χ1) is 17.9. The molecule has 1 aromatic heterocycles. The smallest absolute Gasteiger partial charge is 0.215 e. The van der Waals surface area contributed by atoms with Gasteiger partial charge in [0.15, 0.2) is 0 Å². The van der Waals surface area contributed by atoms with Crippen LogP contribution in [0, 0.1) is 0 Å². The minimum absolute atomic E-state index is 0.173. The van der Waals surface area contributed by atoms with Crippen molar-refractivity contribution in [1.29, 1.82) is 0 Å². The summed E-state index contributed by atoms with van der Waals surface area (Å²) in [5.41, 5.74) is 8.71. The van der Waals surface area contributed by atoms with Crippen LogP contribution in [0.2, 0.25) is 0 Å². The van der Waals surface area contributed by atoms with E-state index in [9.17, 15) is 0 Å². The molecule has 0 atom stereocenters. The van der Waals surface area contributed by atoms with Crippen molar-refractivity contribution in [2.45, 2.75) is 17.9 Å². The zero-order chi connectivity index (χ0) is 24.4. The monoisotopic (exact) mass is 481 g/mol. The van der Waals surface area contributed by atoms with Crippen LogP contribution in [0.3, 0.4) is 0 Å². The normalized spacial score (nSPS) is 11.7. The van der Waals surface area contributed by atoms with Crippen LogP contribution >= 0.6 is 0 Å². The molecule has 0 saturated heterocycles. The Kier molecular flexibility index (Phi) is 8.07. The van der Waals surface area contributed by atoms with E-state index >= 15 is 0 Å². The van der Waals surface area contributed by atoms with Gasteiger partial charge in [0.05, 0.1) is 15.2 Å². The van der Waals surface area contributed by atoms with Gasteiger partial charge in [0.2, 0.25) is 7.28 Å². The fraction of sp³-hybridized carbons (Fsp3) is 0.0938. The van der Waals surface area contributed by atoms with Crippen LogP contribution in [0.5, 0.6) is 0 Å². The van der Waals surface area contributed by atoms with Crippen LogP contribution in [-0.2, 0) is 6.17 Å². The fourth-order valence-electron chi connectivity index (χ4n) is 4.70. The molecule has 175 valence electrons. The molecule has 0 saturated carbocycles. The summed E-state index contributed by atoms with van der Waals surface area (Å²) in [5.74, 6) is 0.459. The lowest BCUT2D eigenvalue weighted by molar-refractivity contribution is 0.903. The zero-order valence-corrected chi connectivity index (χ0v) is 21.8. The van der Waals surface area contributed by atoms with Gasteiger partial charge in [0.1, 0.15) is 0 Å². The fourth-order valence-corrected chi connectivity index (χ4v) is 5.97. The van der Waals surface area contributed by atoms with Gasteiger partial charge >= 0.3 is 0 Å². The Morgan fingerprint density at radius 3 is 1.64 bits per heavy atom. The summed E-state index contributed by atoms with van der Waals surface area (Å²) in [5, 5.41) is 0.